The number of nitrogens with two attached hydrogens (primary N) is 1. The summed E-state index contributed by atoms with van der Waals surface area (Å²) in [6.45, 7) is 0.546. The molecule has 11 heavy (non-hydrogen) atoms. The van der Waals surface area contributed by atoms with Crippen molar-refractivity contribution in [2.45, 2.75) is 6.42 Å². The van der Waals surface area contributed by atoms with E-state index in [4.69, 9.17) is 15.9 Å². The fraction of sp³-hybridized carbons (Fsp3) is 0.250. The minimum absolute atomic E-state index is 0.0871. The molecule has 0 bridgehead atoms. The average molecular weight is 154 g/mol. The lowest BCUT2D eigenvalue weighted by molar-refractivity contribution is 0.403. The van der Waals surface area contributed by atoms with Crippen LogP contribution < -0.4 is 5.73 Å². The summed E-state index contributed by atoms with van der Waals surface area (Å²) < 4.78 is 0. The zero-order valence-electron chi connectivity index (χ0n) is 6.12. The number of hydrogen-bond donors (Lipinski definition) is 3. The highest BCUT2D eigenvalue weighted by molar-refractivity contribution is 5.40. The van der Waals surface area contributed by atoms with Gasteiger partial charge in [0, 0.05) is 0 Å². The summed E-state index contributed by atoms with van der Waals surface area (Å²) in [4.78, 5) is 0. The van der Waals surface area contributed by atoms with E-state index in [0.29, 0.717) is 13.0 Å². The molecule has 0 amide bonds. The second kappa shape index (κ2) is 3.25. The van der Waals surface area contributed by atoms with E-state index < -0.39 is 0 Å². The van der Waals surface area contributed by atoms with Gasteiger partial charge in [0.1, 0.15) is 0 Å². The highest BCUT2D eigenvalue weighted by atomic mass is 16.3. The SMILES string of the molecule is NCC[13c]1ccc(O)c(O)c1. The first-order valence-electron chi connectivity index (χ1n) is 3.45. The van der Waals surface area contributed by atoms with E-state index in [2.05, 4.69) is 0 Å². The van der Waals surface area contributed by atoms with E-state index in [9.17, 15) is 0 Å². The quantitative estimate of drug-likeness (QED) is 0.546. The van der Waals surface area contributed by atoms with Crippen molar-refractivity contribution >= 4 is 0 Å². The van der Waals surface area contributed by atoms with Crippen LogP contribution in [0, 0.1) is 0 Å². The van der Waals surface area contributed by atoms with Crippen molar-refractivity contribution in [1.82, 2.24) is 0 Å². The molecule has 4 N–H and O–H groups in total. The van der Waals surface area contributed by atoms with Gasteiger partial charge in [-0.2, -0.15) is 0 Å². The molecule has 0 saturated heterocycles. The Kier molecular flexibility index (Phi) is 2.33. The van der Waals surface area contributed by atoms with Crippen molar-refractivity contribution < 1.29 is 10.2 Å². The summed E-state index contributed by atoms with van der Waals surface area (Å²) in [6.07, 6.45) is 0.716. The van der Waals surface area contributed by atoms with Crippen molar-refractivity contribution in [3.8, 4) is 11.5 Å². The van der Waals surface area contributed by atoms with Crippen LogP contribution >= 0.6 is 0 Å². The first-order valence-corrected chi connectivity index (χ1v) is 3.45. The van der Waals surface area contributed by atoms with E-state index in [-0.39, 0.29) is 11.5 Å². The van der Waals surface area contributed by atoms with Gasteiger partial charge in [-0.25, -0.2) is 0 Å². The van der Waals surface area contributed by atoms with Gasteiger partial charge in [-0.05, 0) is 30.7 Å². The Bertz CT molecular complexity index is 248. The Morgan fingerprint density at radius 1 is 1.18 bits per heavy atom. The largest absolute Gasteiger partial charge is 0.504 e. The highest BCUT2D eigenvalue weighted by Gasteiger charge is 1.98. The molecular formula is C8H11NO2. The molecular weight excluding hydrogens is 143 g/mol. The van der Waals surface area contributed by atoms with Crippen molar-refractivity contribution in [3.63, 3.8) is 0 Å². The van der Waals surface area contributed by atoms with E-state index >= 15 is 0 Å². The maximum absolute atomic E-state index is 9.04. The predicted octanol–water partition coefficient (Wildman–Crippen LogP) is 0.599. The molecule has 3 nitrogen and oxygen atoms in total. The second-order valence-corrected chi connectivity index (χ2v) is 2.36. The first kappa shape index (κ1) is 7.88. The number of hydrogen-bond acceptors (Lipinski definition) is 3. The van der Waals surface area contributed by atoms with Crippen LogP contribution in [0.5, 0.6) is 11.5 Å². The van der Waals surface area contributed by atoms with Gasteiger partial charge in [0.2, 0.25) is 0 Å². The van der Waals surface area contributed by atoms with Gasteiger partial charge in [-0.15, -0.1) is 0 Å². The lowest BCUT2D eigenvalue weighted by atomic mass is 10.3. The third-order valence-electron chi connectivity index (χ3n) is 1.47. The van der Waals surface area contributed by atoms with Gasteiger partial charge in [0.15, 0.2) is 11.5 Å². The van der Waals surface area contributed by atoms with Crippen LogP contribution in [-0.2, 0) is 6.42 Å². The topological polar surface area (TPSA) is 66.5 Å². The average Bonchev–Trinajstić information content (AvgIpc) is 1.98. The van der Waals surface area contributed by atoms with E-state index in [1.165, 1.54) is 12.1 Å². The molecule has 0 unspecified atom stereocenters. The Hall–Kier alpha value is -1.22. The van der Waals surface area contributed by atoms with E-state index in [0.717, 1.165) is 5.56 Å². The molecule has 0 aromatic heterocycles. The Morgan fingerprint density at radius 2 is 1.91 bits per heavy atom. The van der Waals surface area contributed by atoms with Crippen molar-refractivity contribution in [3.05, 3.63) is 23.8 Å². The molecule has 0 spiro atoms. The summed E-state index contributed by atoms with van der Waals surface area (Å²) in [7, 11) is 0. The second-order valence-electron chi connectivity index (χ2n) is 2.36. The van der Waals surface area contributed by atoms with Gasteiger partial charge < -0.3 is 15.9 Å². The molecule has 1 aromatic carbocycles. The summed E-state index contributed by atoms with van der Waals surface area (Å²) in [5.74, 6) is -0.179. The normalized spacial score (nSPS) is 9.91. The lowest BCUT2D eigenvalue weighted by Crippen LogP contribution is -2.02. The molecule has 0 aliphatic heterocycles. The molecule has 0 heterocycles. The van der Waals surface area contributed by atoms with Gasteiger partial charge in [0.05, 0.1) is 0 Å². The third-order valence-corrected chi connectivity index (χ3v) is 1.47. The minimum atomic E-state index is -0.0919. The summed E-state index contributed by atoms with van der Waals surface area (Å²) in [6, 6.07) is 4.71. The zero-order valence-corrected chi connectivity index (χ0v) is 6.12. The maximum atomic E-state index is 9.04. The van der Waals surface area contributed by atoms with Gasteiger partial charge >= 0.3 is 0 Å². The van der Waals surface area contributed by atoms with Crippen LogP contribution in [0.25, 0.3) is 0 Å². The molecule has 1 rings (SSSR count). The molecule has 0 aliphatic rings. The Labute approximate surface area is 65.1 Å². The number of phenolic OH excluding ortho intramolecular Hbond substituents is 2. The van der Waals surface area contributed by atoms with Crippen LogP contribution in [-0.4, -0.2) is 16.8 Å². The first-order chi connectivity index (χ1) is 5.24. The van der Waals surface area contributed by atoms with Gasteiger partial charge in [0.25, 0.3) is 0 Å². The van der Waals surface area contributed by atoms with Crippen molar-refractivity contribution in [1.29, 1.82) is 0 Å². The van der Waals surface area contributed by atoms with Crippen molar-refractivity contribution in [2.75, 3.05) is 6.54 Å². The zero-order chi connectivity index (χ0) is 8.27. The van der Waals surface area contributed by atoms with E-state index in [1.807, 2.05) is 0 Å². The number of phenols is 2. The summed E-state index contributed by atoms with van der Waals surface area (Å²) in [5.41, 5.74) is 6.24. The van der Waals surface area contributed by atoms with E-state index in [1.54, 1.807) is 6.07 Å². The van der Waals surface area contributed by atoms with Crippen LogP contribution in [0.3, 0.4) is 0 Å². The molecule has 0 saturated carbocycles. The summed E-state index contributed by atoms with van der Waals surface area (Å²) >= 11 is 0. The van der Waals surface area contributed by atoms with Crippen LogP contribution in [0.4, 0.5) is 0 Å². The molecule has 0 fully saturated rings. The lowest BCUT2D eigenvalue weighted by Gasteiger charge is -2.00. The molecule has 1 aromatic rings. The monoisotopic (exact) mass is 154 g/mol. The molecule has 0 atom stereocenters. The fourth-order valence-electron chi connectivity index (χ4n) is 0.891. The molecule has 3 heteroatoms. The number of rotatable bonds is 2. The minimum Gasteiger partial charge on any atom is -0.504 e. The molecule has 60 valence electrons. The predicted molar refractivity (Wildman–Crippen MR) is 42.5 cm³/mol. The molecule has 0 aliphatic carbocycles. The van der Waals surface area contributed by atoms with Gasteiger partial charge in [-0.1, -0.05) is 6.07 Å². The third kappa shape index (κ3) is 1.85. The highest BCUT2D eigenvalue weighted by Crippen LogP contribution is 2.24. The van der Waals surface area contributed by atoms with Gasteiger partial charge in [-0.3, -0.25) is 0 Å². The van der Waals surface area contributed by atoms with Crippen LogP contribution in [0.15, 0.2) is 18.2 Å². The standard InChI is InChI=1S/C8H11NO2/c9-4-3-6-1-2-7(10)8(11)5-6/h1-2,5,10-11H,3-4,9H2/i6+1. The summed E-state index contributed by atoms with van der Waals surface area (Å²) in [5, 5.41) is 18.0. The Morgan fingerprint density at radius 3 is 2.45 bits per heavy atom. The Balaban J connectivity index is 2.86. The van der Waals surface area contributed by atoms with Crippen LogP contribution in [0.1, 0.15) is 5.56 Å². The molecule has 0 radical (unpaired) electrons. The number of aromatic hydroxyl groups is 2. The fourth-order valence-corrected chi connectivity index (χ4v) is 0.891. The maximum Gasteiger partial charge on any atom is 0.157 e. The smallest absolute Gasteiger partial charge is 0.157 e. The number of benzene rings is 1. The van der Waals surface area contributed by atoms with Crippen molar-refractivity contribution in [2.24, 2.45) is 5.73 Å². The van der Waals surface area contributed by atoms with Crippen LogP contribution in [0.2, 0.25) is 0 Å².